The molecule has 2 rings (SSSR count). The summed E-state index contributed by atoms with van der Waals surface area (Å²) in [6.45, 7) is 0. The van der Waals surface area contributed by atoms with E-state index in [1.165, 1.54) is 0 Å². The van der Waals surface area contributed by atoms with Crippen molar-refractivity contribution in [1.82, 2.24) is 0 Å². The van der Waals surface area contributed by atoms with Crippen LogP contribution in [-0.4, -0.2) is 12.1 Å². The number of nitrogens with one attached hydrogen (secondary N) is 1. The second-order valence-corrected chi connectivity index (χ2v) is 5.21. The van der Waals surface area contributed by atoms with Gasteiger partial charge in [0.05, 0.1) is 7.11 Å². The fourth-order valence-corrected chi connectivity index (χ4v) is 2.54. The van der Waals surface area contributed by atoms with Gasteiger partial charge in [0.25, 0.3) is 0 Å². The van der Waals surface area contributed by atoms with E-state index in [1.807, 2.05) is 42.5 Å². The largest absolute Gasteiger partial charge is 0.497 e. The molecule has 5 heteroatoms. The number of rotatable bonds is 4. The first-order valence-electron chi connectivity index (χ1n) is 5.60. The highest BCUT2D eigenvalue weighted by Crippen LogP contribution is 2.25. The summed E-state index contributed by atoms with van der Waals surface area (Å²) in [5, 5.41) is 3.29. The molecular formula is C14H13BrN2OS. The Morgan fingerprint density at radius 2 is 1.79 bits per heavy atom. The molecule has 2 aromatic rings. The monoisotopic (exact) mass is 336 g/mol. The van der Waals surface area contributed by atoms with Crippen molar-refractivity contribution in [3.63, 3.8) is 0 Å². The maximum atomic E-state index is 5.62. The van der Waals surface area contributed by atoms with Crippen molar-refractivity contribution in [3.05, 3.63) is 52.5 Å². The Balaban J connectivity index is 2.18. The van der Waals surface area contributed by atoms with Crippen molar-refractivity contribution < 1.29 is 4.74 Å². The van der Waals surface area contributed by atoms with Gasteiger partial charge in [0.15, 0.2) is 0 Å². The Bertz CT molecular complexity index is 599. The first-order valence-corrected chi connectivity index (χ1v) is 6.80. The van der Waals surface area contributed by atoms with Crippen molar-refractivity contribution in [1.29, 1.82) is 0 Å². The Morgan fingerprint density at radius 3 is 2.32 bits per heavy atom. The normalized spacial score (nSPS) is 10.0. The van der Waals surface area contributed by atoms with Crippen LogP contribution in [0.25, 0.3) is 0 Å². The van der Waals surface area contributed by atoms with Crippen LogP contribution in [0.5, 0.6) is 5.75 Å². The van der Waals surface area contributed by atoms with Gasteiger partial charge in [-0.2, -0.15) is 0 Å². The number of halogens is 1. The molecule has 0 aromatic heterocycles. The van der Waals surface area contributed by atoms with E-state index in [-0.39, 0.29) is 0 Å². The van der Waals surface area contributed by atoms with Gasteiger partial charge in [-0.3, -0.25) is 0 Å². The van der Waals surface area contributed by atoms with Crippen molar-refractivity contribution in [2.75, 3.05) is 12.4 Å². The summed E-state index contributed by atoms with van der Waals surface area (Å²) in [5.74, 6) is 0.829. The Labute approximate surface area is 125 Å². The molecule has 0 unspecified atom stereocenters. The number of thiocarbonyl (C=S) groups is 1. The number of hydrogen-bond donors (Lipinski definition) is 2. The van der Waals surface area contributed by atoms with Crippen molar-refractivity contribution in [2.24, 2.45) is 5.73 Å². The first-order chi connectivity index (χ1) is 9.10. The van der Waals surface area contributed by atoms with Crippen LogP contribution in [0.2, 0.25) is 0 Å². The average Bonchev–Trinajstić information content (AvgIpc) is 2.39. The molecule has 0 amide bonds. The van der Waals surface area contributed by atoms with E-state index < -0.39 is 0 Å². The van der Waals surface area contributed by atoms with E-state index in [0.717, 1.165) is 27.2 Å². The van der Waals surface area contributed by atoms with Crippen LogP contribution >= 0.6 is 28.1 Å². The lowest BCUT2D eigenvalue weighted by Crippen LogP contribution is -2.10. The molecule has 0 heterocycles. The number of methoxy groups -OCH3 is 1. The molecule has 0 spiro atoms. The van der Waals surface area contributed by atoms with E-state index in [2.05, 4.69) is 21.2 Å². The minimum Gasteiger partial charge on any atom is -0.497 e. The maximum Gasteiger partial charge on any atom is 0.119 e. The van der Waals surface area contributed by atoms with E-state index in [9.17, 15) is 0 Å². The minimum atomic E-state index is 0.378. The van der Waals surface area contributed by atoms with Gasteiger partial charge in [-0.15, -0.1) is 0 Å². The Morgan fingerprint density at radius 1 is 1.16 bits per heavy atom. The number of nitrogens with two attached hydrogens (primary N) is 1. The van der Waals surface area contributed by atoms with Crippen LogP contribution < -0.4 is 15.8 Å². The zero-order valence-corrected chi connectivity index (χ0v) is 12.7. The Kier molecular flexibility index (Phi) is 4.39. The van der Waals surface area contributed by atoms with E-state index in [0.29, 0.717) is 4.99 Å². The van der Waals surface area contributed by atoms with Crippen molar-refractivity contribution >= 4 is 44.5 Å². The van der Waals surface area contributed by atoms with Crippen molar-refractivity contribution in [3.8, 4) is 5.75 Å². The predicted octanol–water partition coefficient (Wildman–Crippen LogP) is 3.84. The molecule has 0 saturated carbocycles. The Hall–Kier alpha value is -1.59. The molecule has 19 heavy (non-hydrogen) atoms. The molecule has 0 atom stereocenters. The molecular weight excluding hydrogens is 324 g/mol. The lowest BCUT2D eigenvalue weighted by molar-refractivity contribution is 0.415. The SMILES string of the molecule is COc1ccc(Nc2ccc(C(N)=S)c(Br)c2)cc1. The van der Waals surface area contributed by atoms with Gasteiger partial charge in [0.2, 0.25) is 0 Å². The lowest BCUT2D eigenvalue weighted by atomic mass is 10.2. The van der Waals surface area contributed by atoms with E-state index >= 15 is 0 Å². The second-order valence-electron chi connectivity index (χ2n) is 3.91. The molecule has 0 fully saturated rings. The molecule has 3 nitrogen and oxygen atoms in total. The third kappa shape index (κ3) is 3.45. The smallest absolute Gasteiger partial charge is 0.119 e. The van der Waals surface area contributed by atoms with Crippen LogP contribution in [0.3, 0.4) is 0 Å². The third-order valence-electron chi connectivity index (χ3n) is 2.61. The fourth-order valence-electron chi connectivity index (χ4n) is 1.63. The molecule has 0 saturated heterocycles. The number of ether oxygens (including phenoxy) is 1. The predicted molar refractivity (Wildman–Crippen MR) is 86.3 cm³/mol. The van der Waals surface area contributed by atoms with Gasteiger partial charge in [-0.1, -0.05) is 12.2 Å². The van der Waals surface area contributed by atoms with Crippen LogP contribution in [0.1, 0.15) is 5.56 Å². The van der Waals surface area contributed by atoms with Gasteiger partial charge in [-0.25, -0.2) is 0 Å². The maximum absolute atomic E-state index is 5.62. The van der Waals surface area contributed by atoms with Gasteiger partial charge in [0.1, 0.15) is 10.7 Å². The van der Waals surface area contributed by atoms with Gasteiger partial charge in [-0.05, 0) is 58.4 Å². The zero-order valence-electron chi connectivity index (χ0n) is 10.3. The van der Waals surface area contributed by atoms with Crippen LogP contribution in [-0.2, 0) is 0 Å². The standard InChI is InChI=1S/C14H13BrN2OS/c1-18-11-5-2-9(3-6-11)17-10-4-7-12(14(16)19)13(15)8-10/h2-8,17H,1H3,(H2,16,19). The molecule has 0 bridgehead atoms. The summed E-state index contributed by atoms with van der Waals surface area (Å²) >= 11 is 8.42. The fraction of sp³-hybridized carbons (Fsp3) is 0.0714. The molecule has 0 aliphatic rings. The van der Waals surface area contributed by atoms with Gasteiger partial charge >= 0.3 is 0 Å². The average molecular weight is 337 g/mol. The molecule has 0 aliphatic carbocycles. The minimum absolute atomic E-state index is 0.378. The molecule has 0 radical (unpaired) electrons. The van der Waals surface area contributed by atoms with Gasteiger partial charge < -0.3 is 15.8 Å². The molecule has 2 aromatic carbocycles. The van der Waals surface area contributed by atoms with Crippen molar-refractivity contribution in [2.45, 2.75) is 0 Å². The van der Waals surface area contributed by atoms with Crippen LogP contribution in [0.15, 0.2) is 46.9 Å². The first kappa shape index (κ1) is 13.8. The lowest BCUT2D eigenvalue weighted by Gasteiger charge is -2.09. The van der Waals surface area contributed by atoms with Crippen LogP contribution in [0.4, 0.5) is 11.4 Å². The van der Waals surface area contributed by atoms with E-state index in [1.54, 1.807) is 7.11 Å². The molecule has 3 N–H and O–H groups in total. The summed E-state index contributed by atoms with van der Waals surface area (Å²) in [6, 6.07) is 13.5. The molecule has 98 valence electrons. The highest BCUT2D eigenvalue weighted by atomic mass is 79.9. The topological polar surface area (TPSA) is 47.3 Å². The highest BCUT2D eigenvalue weighted by Gasteiger charge is 2.04. The summed E-state index contributed by atoms with van der Waals surface area (Å²) in [4.78, 5) is 0.378. The van der Waals surface area contributed by atoms with E-state index in [4.69, 9.17) is 22.7 Å². The summed E-state index contributed by atoms with van der Waals surface area (Å²) in [5.41, 5.74) is 8.38. The molecule has 0 aliphatic heterocycles. The second kappa shape index (κ2) is 6.04. The summed E-state index contributed by atoms with van der Waals surface area (Å²) < 4.78 is 5.99. The highest BCUT2D eigenvalue weighted by molar-refractivity contribution is 9.10. The number of hydrogen-bond acceptors (Lipinski definition) is 3. The third-order valence-corrected chi connectivity index (χ3v) is 3.49. The number of benzene rings is 2. The van der Waals surface area contributed by atoms with Gasteiger partial charge in [0, 0.05) is 21.4 Å². The van der Waals surface area contributed by atoms with Crippen LogP contribution in [0, 0.1) is 0 Å². The summed E-state index contributed by atoms with van der Waals surface area (Å²) in [7, 11) is 1.65. The number of anilines is 2. The summed E-state index contributed by atoms with van der Waals surface area (Å²) in [6.07, 6.45) is 0. The zero-order chi connectivity index (χ0) is 13.8. The quantitative estimate of drug-likeness (QED) is 0.833.